The Hall–Kier alpha value is -0.650. The van der Waals surface area contributed by atoms with Gasteiger partial charge in [-0.05, 0) is 37.9 Å². The maximum Gasteiger partial charge on any atom is 0.114 e. The Morgan fingerprint density at radius 2 is 2.32 bits per heavy atom. The van der Waals surface area contributed by atoms with Gasteiger partial charge >= 0.3 is 0 Å². The molecule has 1 aliphatic carbocycles. The van der Waals surface area contributed by atoms with Crippen molar-refractivity contribution < 1.29 is 5.11 Å². The molecular weight excluding hydrogens is 258 g/mol. The van der Waals surface area contributed by atoms with Crippen molar-refractivity contribution >= 4 is 11.8 Å². The van der Waals surface area contributed by atoms with Crippen molar-refractivity contribution in [1.82, 2.24) is 15.3 Å². The van der Waals surface area contributed by atoms with Gasteiger partial charge in [-0.1, -0.05) is 6.92 Å². The Balaban J connectivity index is 1.72. The summed E-state index contributed by atoms with van der Waals surface area (Å²) >= 11 is 1.73. The fraction of sp³-hybridized carbons (Fsp3) is 0.714. The number of rotatable bonds is 9. The van der Waals surface area contributed by atoms with Crippen molar-refractivity contribution in [3.05, 3.63) is 18.6 Å². The molecule has 106 valence electrons. The minimum absolute atomic E-state index is 0.0793. The highest BCUT2D eigenvalue weighted by Crippen LogP contribution is 2.27. The molecule has 1 unspecified atom stereocenters. The average Bonchev–Trinajstić information content (AvgIpc) is 3.27. The maximum absolute atomic E-state index is 9.68. The summed E-state index contributed by atoms with van der Waals surface area (Å²) in [7, 11) is 0. The summed E-state index contributed by atoms with van der Waals surface area (Å²) in [5.74, 6) is 1.02. The van der Waals surface area contributed by atoms with Gasteiger partial charge in [0.2, 0.25) is 0 Å². The zero-order valence-corrected chi connectivity index (χ0v) is 12.3. The predicted octanol–water partition coefficient (Wildman–Crippen LogP) is 2.24. The molecule has 2 rings (SSSR count). The molecule has 1 aromatic rings. The Morgan fingerprint density at radius 1 is 1.47 bits per heavy atom. The summed E-state index contributed by atoms with van der Waals surface area (Å²) in [4.78, 5) is 8.30. The van der Waals surface area contributed by atoms with Gasteiger partial charge in [-0.3, -0.25) is 4.98 Å². The second-order valence-electron chi connectivity index (χ2n) is 5.21. The van der Waals surface area contributed by atoms with Crippen molar-refractivity contribution in [3.63, 3.8) is 0 Å². The standard InChI is InChI=1S/C14H23N3OS/c1-2-14(11-18,17-12-4-5-12)6-3-9-19-13-10-15-7-8-16-13/h7-8,10,12,17-18H,2-6,9,11H2,1H3. The lowest BCUT2D eigenvalue weighted by Crippen LogP contribution is -2.49. The lowest BCUT2D eigenvalue weighted by molar-refractivity contribution is 0.144. The van der Waals surface area contributed by atoms with E-state index in [1.165, 1.54) is 12.8 Å². The van der Waals surface area contributed by atoms with Gasteiger partial charge in [0.1, 0.15) is 5.03 Å². The SMILES string of the molecule is CCC(CO)(CCCSc1cnccn1)NC1CC1. The van der Waals surface area contributed by atoms with Crippen LogP contribution < -0.4 is 5.32 Å². The highest BCUT2D eigenvalue weighted by molar-refractivity contribution is 7.99. The summed E-state index contributed by atoms with van der Waals surface area (Å²) in [6.45, 7) is 2.39. The largest absolute Gasteiger partial charge is 0.394 e. The Morgan fingerprint density at radius 3 is 2.89 bits per heavy atom. The summed E-state index contributed by atoms with van der Waals surface area (Å²) in [6, 6.07) is 0.639. The number of nitrogens with zero attached hydrogens (tertiary/aromatic N) is 2. The van der Waals surface area contributed by atoms with Crippen LogP contribution in [0.15, 0.2) is 23.6 Å². The molecule has 0 amide bonds. The minimum atomic E-state index is -0.0793. The van der Waals surface area contributed by atoms with E-state index in [4.69, 9.17) is 0 Å². The third-order valence-corrected chi connectivity index (χ3v) is 4.66. The van der Waals surface area contributed by atoms with Crippen molar-refractivity contribution in [2.24, 2.45) is 0 Å². The highest BCUT2D eigenvalue weighted by atomic mass is 32.2. The average molecular weight is 281 g/mol. The molecule has 0 aliphatic heterocycles. The van der Waals surface area contributed by atoms with E-state index in [-0.39, 0.29) is 12.1 Å². The third-order valence-electron chi connectivity index (χ3n) is 3.66. The van der Waals surface area contributed by atoms with Crippen LogP contribution in [0.2, 0.25) is 0 Å². The lowest BCUT2D eigenvalue weighted by atomic mass is 9.91. The molecule has 0 aromatic carbocycles. The van der Waals surface area contributed by atoms with Gasteiger partial charge in [0.25, 0.3) is 0 Å². The van der Waals surface area contributed by atoms with Crippen molar-refractivity contribution in [2.75, 3.05) is 12.4 Å². The number of aromatic nitrogens is 2. The van der Waals surface area contributed by atoms with Gasteiger partial charge in [0, 0.05) is 24.0 Å². The Bertz CT molecular complexity index is 366. The molecule has 1 aliphatic rings. The van der Waals surface area contributed by atoms with Crippen LogP contribution in [0.1, 0.15) is 39.0 Å². The molecular formula is C14H23N3OS. The quantitative estimate of drug-likeness (QED) is 0.537. The van der Waals surface area contributed by atoms with Crippen LogP contribution in [-0.4, -0.2) is 39.0 Å². The minimum Gasteiger partial charge on any atom is -0.394 e. The van der Waals surface area contributed by atoms with Crippen molar-refractivity contribution in [1.29, 1.82) is 0 Å². The number of nitrogens with one attached hydrogen (secondary N) is 1. The molecule has 4 nitrogen and oxygen atoms in total. The van der Waals surface area contributed by atoms with Crippen LogP contribution in [0.3, 0.4) is 0 Å². The zero-order valence-electron chi connectivity index (χ0n) is 11.5. The second kappa shape index (κ2) is 7.22. The molecule has 0 saturated heterocycles. The molecule has 5 heteroatoms. The van der Waals surface area contributed by atoms with Gasteiger partial charge in [-0.15, -0.1) is 11.8 Å². The predicted molar refractivity (Wildman–Crippen MR) is 78.3 cm³/mol. The lowest BCUT2D eigenvalue weighted by Gasteiger charge is -2.32. The van der Waals surface area contributed by atoms with E-state index in [2.05, 4.69) is 22.2 Å². The Labute approximate surface area is 119 Å². The van der Waals surface area contributed by atoms with Crippen LogP contribution in [0.4, 0.5) is 0 Å². The monoisotopic (exact) mass is 281 g/mol. The van der Waals surface area contributed by atoms with Gasteiger partial charge in [-0.25, -0.2) is 4.98 Å². The van der Waals surface area contributed by atoms with Crippen molar-refractivity contribution in [3.8, 4) is 0 Å². The fourth-order valence-corrected chi connectivity index (χ4v) is 2.96. The molecule has 0 spiro atoms. The molecule has 0 bridgehead atoms. The van der Waals surface area contributed by atoms with Gasteiger partial charge in [0.05, 0.1) is 12.8 Å². The van der Waals surface area contributed by atoms with Crippen LogP contribution in [0, 0.1) is 0 Å². The first-order valence-electron chi connectivity index (χ1n) is 7.05. The summed E-state index contributed by atoms with van der Waals surface area (Å²) in [5.41, 5.74) is -0.0793. The van der Waals surface area contributed by atoms with Gasteiger partial charge < -0.3 is 10.4 Å². The van der Waals surface area contributed by atoms with E-state index in [9.17, 15) is 5.11 Å². The zero-order chi connectivity index (χ0) is 13.6. The number of hydrogen-bond acceptors (Lipinski definition) is 5. The highest BCUT2D eigenvalue weighted by Gasteiger charge is 2.33. The first-order chi connectivity index (χ1) is 9.28. The van der Waals surface area contributed by atoms with E-state index < -0.39 is 0 Å². The van der Waals surface area contributed by atoms with Crippen LogP contribution in [-0.2, 0) is 0 Å². The van der Waals surface area contributed by atoms with E-state index in [1.54, 1.807) is 30.4 Å². The van der Waals surface area contributed by atoms with Crippen molar-refractivity contribution in [2.45, 2.75) is 55.6 Å². The van der Waals surface area contributed by atoms with Crippen LogP contribution in [0.25, 0.3) is 0 Å². The van der Waals surface area contributed by atoms with Gasteiger partial charge in [0.15, 0.2) is 0 Å². The summed E-state index contributed by atoms with van der Waals surface area (Å²) in [5, 5.41) is 14.3. The molecule has 19 heavy (non-hydrogen) atoms. The molecule has 0 radical (unpaired) electrons. The molecule has 1 fully saturated rings. The second-order valence-corrected chi connectivity index (χ2v) is 6.32. The Kier molecular flexibility index (Phi) is 5.60. The normalized spacial score (nSPS) is 18.2. The molecule has 2 N–H and O–H groups in total. The molecule has 1 atom stereocenters. The number of thioether (sulfide) groups is 1. The smallest absolute Gasteiger partial charge is 0.114 e. The van der Waals surface area contributed by atoms with E-state index >= 15 is 0 Å². The van der Waals surface area contributed by atoms with E-state index in [0.29, 0.717) is 6.04 Å². The number of aliphatic hydroxyl groups excluding tert-OH is 1. The maximum atomic E-state index is 9.68. The first-order valence-corrected chi connectivity index (χ1v) is 8.04. The number of hydrogen-bond donors (Lipinski definition) is 2. The van der Waals surface area contributed by atoms with Crippen LogP contribution >= 0.6 is 11.8 Å². The summed E-state index contributed by atoms with van der Waals surface area (Å²) < 4.78 is 0. The molecule has 1 heterocycles. The van der Waals surface area contributed by atoms with Gasteiger partial charge in [-0.2, -0.15) is 0 Å². The number of aliphatic hydroxyl groups is 1. The summed E-state index contributed by atoms with van der Waals surface area (Å²) in [6.07, 6.45) is 10.8. The van der Waals surface area contributed by atoms with E-state index in [1.807, 2.05) is 0 Å². The third kappa shape index (κ3) is 4.75. The van der Waals surface area contributed by atoms with Crippen LogP contribution in [0.5, 0.6) is 0 Å². The molecule has 1 aromatic heterocycles. The fourth-order valence-electron chi connectivity index (χ4n) is 2.20. The first kappa shape index (κ1) is 14.8. The topological polar surface area (TPSA) is 58.0 Å². The van der Waals surface area contributed by atoms with E-state index in [0.717, 1.165) is 30.0 Å². The molecule has 1 saturated carbocycles.